The topological polar surface area (TPSA) is 32.3 Å². The van der Waals surface area contributed by atoms with Crippen LogP contribution in [0, 0.1) is 0 Å². The van der Waals surface area contributed by atoms with Gasteiger partial charge >= 0.3 is 0 Å². The van der Waals surface area contributed by atoms with Gasteiger partial charge in [0, 0.05) is 19.1 Å². The standard InChI is InChI=1S/C8H13ClN4S/c1-12(2)6-3-4-13(5-6)8-7(9)10-14-11-8/h6H,3-5H2,1-2H3/t6-/m0/s1. The minimum Gasteiger partial charge on any atom is -0.352 e. The first kappa shape index (κ1) is 10.1. The van der Waals surface area contributed by atoms with E-state index >= 15 is 0 Å². The summed E-state index contributed by atoms with van der Waals surface area (Å²) in [5.41, 5.74) is 0. The lowest BCUT2D eigenvalue weighted by Gasteiger charge is -2.19. The van der Waals surface area contributed by atoms with Crippen LogP contribution in [-0.4, -0.2) is 46.9 Å². The van der Waals surface area contributed by atoms with Crippen LogP contribution in [0.25, 0.3) is 0 Å². The van der Waals surface area contributed by atoms with E-state index in [1.807, 2.05) is 0 Å². The van der Waals surface area contributed by atoms with E-state index in [9.17, 15) is 0 Å². The van der Waals surface area contributed by atoms with E-state index in [1.54, 1.807) is 0 Å². The minimum atomic E-state index is 0.536. The molecule has 0 aromatic carbocycles. The summed E-state index contributed by atoms with van der Waals surface area (Å²) in [4.78, 5) is 4.45. The van der Waals surface area contributed by atoms with Crippen LogP contribution < -0.4 is 4.90 Å². The third kappa shape index (κ3) is 1.85. The van der Waals surface area contributed by atoms with Crippen molar-refractivity contribution in [2.75, 3.05) is 32.1 Å². The Labute approximate surface area is 92.8 Å². The molecule has 1 aliphatic heterocycles. The van der Waals surface area contributed by atoms with Gasteiger partial charge in [-0.1, -0.05) is 11.6 Å². The number of hydrogen-bond donors (Lipinski definition) is 0. The lowest BCUT2D eigenvalue weighted by Crippen LogP contribution is -2.31. The van der Waals surface area contributed by atoms with E-state index < -0.39 is 0 Å². The molecular weight excluding hydrogens is 220 g/mol. The van der Waals surface area contributed by atoms with E-state index in [4.69, 9.17) is 11.6 Å². The lowest BCUT2D eigenvalue weighted by molar-refractivity contribution is 0.315. The molecule has 1 aromatic heterocycles. The maximum atomic E-state index is 5.93. The quantitative estimate of drug-likeness (QED) is 0.770. The summed E-state index contributed by atoms with van der Waals surface area (Å²) >= 11 is 7.10. The van der Waals surface area contributed by atoms with E-state index in [-0.39, 0.29) is 0 Å². The van der Waals surface area contributed by atoms with Crippen LogP contribution in [0.3, 0.4) is 0 Å². The molecule has 0 amide bonds. The number of halogens is 1. The molecule has 0 bridgehead atoms. The fraction of sp³-hybridized carbons (Fsp3) is 0.750. The Morgan fingerprint density at radius 3 is 2.79 bits per heavy atom. The Kier molecular flexibility index (Phi) is 2.90. The van der Waals surface area contributed by atoms with Crippen molar-refractivity contribution < 1.29 is 0 Å². The van der Waals surface area contributed by atoms with Gasteiger partial charge in [0.1, 0.15) is 0 Å². The molecule has 1 fully saturated rings. The van der Waals surface area contributed by atoms with E-state index in [2.05, 4.69) is 32.6 Å². The van der Waals surface area contributed by atoms with Crippen LogP contribution >= 0.6 is 23.3 Å². The van der Waals surface area contributed by atoms with Gasteiger partial charge in [-0.3, -0.25) is 0 Å². The van der Waals surface area contributed by atoms with Crippen LogP contribution in [0.1, 0.15) is 6.42 Å². The summed E-state index contributed by atoms with van der Waals surface area (Å²) in [6, 6.07) is 0.604. The highest BCUT2D eigenvalue weighted by Crippen LogP contribution is 2.27. The molecule has 4 nitrogen and oxygen atoms in total. The summed E-state index contributed by atoms with van der Waals surface area (Å²) in [6.45, 7) is 2.02. The predicted octanol–water partition coefficient (Wildman–Crippen LogP) is 1.33. The van der Waals surface area contributed by atoms with Crippen molar-refractivity contribution in [2.45, 2.75) is 12.5 Å². The fourth-order valence-corrected chi connectivity index (χ4v) is 2.50. The number of rotatable bonds is 2. The average Bonchev–Trinajstić information content (AvgIpc) is 2.71. The third-order valence-electron chi connectivity index (χ3n) is 2.63. The molecular formula is C8H13ClN4S. The molecule has 14 heavy (non-hydrogen) atoms. The van der Waals surface area contributed by atoms with Crippen molar-refractivity contribution in [3.8, 4) is 0 Å². The number of nitrogens with zero attached hydrogens (tertiary/aromatic N) is 4. The predicted molar refractivity (Wildman–Crippen MR) is 59.2 cm³/mol. The highest BCUT2D eigenvalue weighted by molar-refractivity contribution is 6.99. The molecule has 1 aliphatic rings. The highest BCUT2D eigenvalue weighted by Gasteiger charge is 2.26. The molecule has 1 aromatic rings. The first-order valence-corrected chi connectivity index (χ1v) is 5.68. The number of aromatic nitrogens is 2. The highest BCUT2D eigenvalue weighted by atomic mass is 35.5. The molecule has 1 atom stereocenters. The van der Waals surface area contributed by atoms with E-state index in [1.165, 1.54) is 18.1 Å². The number of likely N-dealkylation sites (N-methyl/N-ethyl adjacent to an activating group) is 1. The zero-order valence-electron chi connectivity index (χ0n) is 8.27. The molecule has 0 radical (unpaired) electrons. The van der Waals surface area contributed by atoms with Gasteiger partial charge < -0.3 is 9.80 Å². The molecule has 2 heterocycles. The monoisotopic (exact) mass is 232 g/mol. The molecule has 1 saturated heterocycles. The maximum absolute atomic E-state index is 5.93. The van der Waals surface area contributed by atoms with Crippen molar-refractivity contribution in [3.63, 3.8) is 0 Å². The van der Waals surface area contributed by atoms with Gasteiger partial charge in [0.25, 0.3) is 0 Å². The Hall–Kier alpha value is -0.390. The molecule has 6 heteroatoms. The second-order valence-corrected chi connectivity index (χ2v) is 4.62. The zero-order chi connectivity index (χ0) is 10.1. The molecule has 78 valence electrons. The number of hydrogen-bond acceptors (Lipinski definition) is 5. The average molecular weight is 233 g/mol. The first-order chi connectivity index (χ1) is 6.68. The summed E-state index contributed by atoms with van der Waals surface area (Å²) < 4.78 is 8.17. The summed E-state index contributed by atoms with van der Waals surface area (Å²) in [6.07, 6.45) is 1.17. The van der Waals surface area contributed by atoms with Crippen molar-refractivity contribution in [2.24, 2.45) is 0 Å². The maximum Gasteiger partial charge on any atom is 0.187 e. The van der Waals surface area contributed by atoms with Gasteiger partial charge in [-0.25, -0.2) is 0 Å². The molecule has 0 saturated carbocycles. The van der Waals surface area contributed by atoms with Crippen LogP contribution in [0.15, 0.2) is 0 Å². The van der Waals surface area contributed by atoms with Crippen molar-refractivity contribution in [3.05, 3.63) is 5.15 Å². The lowest BCUT2D eigenvalue weighted by atomic mass is 10.2. The van der Waals surface area contributed by atoms with Gasteiger partial charge in [0.15, 0.2) is 11.0 Å². The Bertz CT molecular complexity index is 314. The normalized spacial score (nSPS) is 22.3. The summed E-state index contributed by atoms with van der Waals surface area (Å²) in [5.74, 6) is 0.848. The first-order valence-electron chi connectivity index (χ1n) is 4.58. The molecule has 2 rings (SSSR count). The van der Waals surface area contributed by atoms with Crippen molar-refractivity contribution >= 4 is 29.1 Å². The van der Waals surface area contributed by atoms with Crippen LogP contribution in [0.2, 0.25) is 5.15 Å². The van der Waals surface area contributed by atoms with Gasteiger partial charge in [0.05, 0.1) is 11.7 Å². The van der Waals surface area contributed by atoms with Gasteiger partial charge in [-0.15, -0.1) is 0 Å². The van der Waals surface area contributed by atoms with Crippen LogP contribution in [-0.2, 0) is 0 Å². The fourth-order valence-electron chi connectivity index (χ4n) is 1.72. The number of anilines is 1. The smallest absolute Gasteiger partial charge is 0.187 e. The van der Waals surface area contributed by atoms with Crippen molar-refractivity contribution in [1.82, 2.24) is 13.6 Å². The van der Waals surface area contributed by atoms with E-state index in [0.717, 1.165) is 18.9 Å². The second kappa shape index (κ2) is 4.00. The molecule has 0 spiro atoms. The Balaban J connectivity index is 2.06. The van der Waals surface area contributed by atoms with E-state index in [0.29, 0.717) is 11.2 Å². The minimum absolute atomic E-state index is 0.536. The molecule has 0 N–H and O–H groups in total. The van der Waals surface area contributed by atoms with Gasteiger partial charge in [-0.2, -0.15) is 8.75 Å². The Morgan fingerprint density at radius 2 is 2.29 bits per heavy atom. The van der Waals surface area contributed by atoms with Gasteiger partial charge in [-0.05, 0) is 20.5 Å². The Morgan fingerprint density at radius 1 is 1.50 bits per heavy atom. The van der Waals surface area contributed by atoms with Crippen molar-refractivity contribution in [1.29, 1.82) is 0 Å². The third-order valence-corrected chi connectivity index (χ3v) is 3.50. The summed E-state index contributed by atoms with van der Waals surface area (Å²) in [7, 11) is 4.21. The van der Waals surface area contributed by atoms with Crippen LogP contribution in [0.4, 0.5) is 5.82 Å². The largest absolute Gasteiger partial charge is 0.352 e. The molecule has 0 unspecified atom stereocenters. The van der Waals surface area contributed by atoms with Crippen LogP contribution in [0.5, 0.6) is 0 Å². The second-order valence-electron chi connectivity index (χ2n) is 3.73. The summed E-state index contributed by atoms with van der Waals surface area (Å²) in [5, 5.41) is 0.536. The van der Waals surface area contributed by atoms with Gasteiger partial charge in [0.2, 0.25) is 0 Å². The molecule has 0 aliphatic carbocycles. The SMILES string of the molecule is CN(C)[C@H]1CCN(c2nsnc2Cl)C1. The zero-order valence-corrected chi connectivity index (χ0v) is 9.85.